The fourth-order valence-electron chi connectivity index (χ4n) is 2.66. The number of hydrogen-bond acceptors (Lipinski definition) is 6. The van der Waals surface area contributed by atoms with E-state index in [1.165, 1.54) is 5.56 Å². The smallest absolute Gasteiger partial charge is 0.257 e. The highest BCUT2D eigenvalue weighted by atomic mass is 16.7. The summed E-state index contributed by atoms with van der Waals surface area (Å²) in [5.41, 5.74) is 2.66. The Morgan fingerprint density at radius 3 is 2.44 bits per heavy atom. The van der Waals surface area contributed by atoms with Gasteiger partial charge in [0.05, 0.1) is 0 Å². The van der Waals surface area contributed by atoms with E-state index in [0.717, 1.165) is 12.1 Å². The van der Waals surface area contributed by atoms with Crippen LogP contribution in [0.3, 0.4) is 0 Å². The van der Waals surface area contributed by atoms with Crippen LogP contribution in [0.1, 0.15) is 22.8 Å². The van der Waals surface area contributed by atoms with Crippen molar-refractivity contribution in [2.75, 3.05) is 17.4 Å². The van der Waals surface area contributed by atoms with E-state index < -0.39 is 0 Å². The molecule has 0 saturated heterocycles. The summed E-state index contributed by atoms with van der Waals surface area (Å²) >= 11 is 0. The van der Waals surface area contributed by atoms with Crippen LogP contribution in [0.2, 0.25) is 0 Å². The van der Waals surface area contributed by atoms with Gasteiger partial charge in [-0.05, 0) is 54.4 Å². The molecule has 1 aliphatic rings. The molecular weight excluding hydrogens is 344 g/mol. The Labute approximate surface area is 156 Å². The zero-order chi connectivity index (χ0) is 18.6. The number of fused-ring (bicyclic) bond motifs is 1. The van der Waals surface area contributed by atoms with Crippen molar-refractivity contribution in [2.24, 2.45) is 0 Å². The monoisotopic (exact) mass is 362 g/mol. The van der Waals surface area contributed by atoms with E-state index in [9.17, 15) is 4.79 Å². The molecule has 0 fully saturated rings. The number of hydrogen-bond donors (Lipinski definition) is 2. The van der Waals surface area contributed by atoms with Crippen molar-refractivity contribution in [3.63, 3.8) is 0 Å². The molecule has 0 saturated carbocycles. The van der Waals surface area contributed by atoms with Crippen molar-refractivity contribution in [3.8, 4) is 11.5 Å². The van der Waals surface area contributed by atoms with Gasteiger partial charge in [0.15, 0.2) is 23.1 Å². The molecule has 1 amide bonds. The highest BCUT2D eigenvalue weighted by Crippen LogP contribution is 2.32. The lowest BCUT2D eigenvalue weighted by Crippen LogP contribution is -2.13. The van der Waals surface area contributed by atoms with Crippen molar-refractivity contribution in [1.82, 2.24) is 10.2 Å². The van der Waals surface area contributed by atoms with Crippen molar-refractivity contribution in [1.29, 1.82) is 0 Å². The van der Waals surface area contributed by atoms with E-state index in [-0.39, 0.29) is 12.7 Å². The molecule has 7 heteroatoms. The second-order valence-electron chi connectivity index (χ2n) is 6.00. The zero-order valence-corrected chi connectivity index (χ0v) is 14.7. The third-order valence-corrected chi connectivity index (χ3v) is 4.18. The van der Waals surface area contributed by atoms with Crippen LogP contribution in [0.15, 0.2) is 54.6 Å². The van der Waals surface area contributed by atoms with Crippen LogP contribution in [0, 0.1) is 0 Å². The van der Waals surface area contributed by atoms with Crippen molar-refractivity contribution in [2.45, 2.75) is 13.3 Å². The van der Waals surface area contributed by atoms with Gasteiger partial charge in [-0.2, -0.15) is 0 Å². The molecule has 136 valence electrons. The van der Waals surface area contributed by atoms with Crippen LogP contribution in [0.25, 0.3) is 0 Å². The van der Waals surface area contributed by atoms with E-state index >= 15 is 0 Å². The second-order valence-corrected chi connectivity index (χ2v) is 6.00. The maximum atomic E-state index is 12.4. The average molecular weight is 362 g/mol. The Kier molecular flexibility index (Phi) is 4.57. The number of aryl methyl sites for hydroxylation is 1. The number of nitrogens with zero attached hydrogens (tertiary/aromatic N) is 2. The molecule has 0 spiro atoms. The number of carbonyl (C=O) groups excluding carboxylic acids is 1. The summed E-state index contributed by atoms with van der Waals surface area (Å²) in [6.45, 7) is 2.28. The Balaban J connectivity index is 1.40. The number of nitrogens with one attached hydrogen (secondary N) is 2. The predicted molar refractivity (Wildman–Crippen MR) is 102 cm³/mol. The highest BCUT2D eigenvalue weighted by molar-refractivity contribution is 6.04. The summed E-state index contributed by atoms with van der Waals surface area (Å²) < 4.78 is 10.5. The molecule has 0 atom stereocenters. The molecule has 2 aromatic carbocycles. The van der Waals surface area contributed by atoms with Crippen molar-refractivity contribution < 1.29 is 14.3 Å². The van der Waals surface area contributed by atoms with Crippen molar-refractivity contribution in [3.05, 3.63) is 65.7 Å². The molecule has 2 heterocycles. The van der Waals surface area contributed by atoms with Gasteiger partial charge in [0.25, 0.3) is 5.91 Å². The van der Waals surface area contributed by atoms with E-state index in [2.05, 4.69) is 39.9 Å². The maximum absolute atomic E-state index is 12.4. The molecule has 2 N–H and O–H groups in total. The molecule has 3 aromatic rings. The van der Waals surface area contributed by atoms with E-state index in [0.29, 0.717) is 28.7 Å². The number of amides is 1. The van der Waals surface area contributed by atoms with Gasteiger partial charge in [0, 0.05) is 11.3 Å². The molecule has 1 aliphatic heterocycles. The number of aromatic nitrogens is 2. The molecule has 0 bridgehead atoms. The van der Waals surface area contributed by atoms with Crippen LogP contribution in [-0.4, -0.2) is 22.9 Å². The van der Waals surface area contributed by atoms with Gasteiger partial charge in [0.2, 0.25) is 6.79 Å². The Hall–Kier alpha value is -3.61. The van der Waals surface area contributed by atoms with Crippen LogP contribution >= 0.6 is 0 Å². The molecule has 0 aliphatic carbocycles. The van der Waals surface area contributed by atoms with Gasteiger partial charge in [-0.1, -0.05) is 19.1 Å². The molecule has 27 heavy (non-hydrogen) atoms. The number of anilines is 3. The van der Waals surface area contributed by atoms with Crippen LogP contribution in [0.4, 0.5) is 17.3 Å². The van der Waals surface area contributed by atoms with Gasteiger partial charge in [0.1, 0.15) is 0 Å². The highest BCUT2D eigenvalue weighted by Gasteiger charge is 2.16. The van der Waals surface area contributed by atoms with Gasteiger partial charge >= 0.3 is 0 Å². The summed E-state index contributed by atoms with van der Waals surface area (Å²) in [6, 6.07) is 16.6. The summed E-state index contributed by atoms with van der Waals surface area (Å²) in [7, 11) is 0. The second kappa shape index (κ2) is 7.33. The lowest BCUT2D eigenvalue weighted by molar-refractivity contribution is 0.102. The first-order valence-electron chi connectivity index (χ1n) is 8.62. The van der Waals surface area contributed by atoms with E-state index in [1.54, 1.807) is 30.3 Å². The Morgan fingerprint density at radius 1 is 0.963 bits per heavy atom. The van der Waals surface area contributed by atoms with E-state index in [1.807, 2.05) is 12.1 Å². The molecular formula is C20H18N4O3. The minimum atomic E-state index is -0.293. The Morgan fingerprint density at radius 2 is 1.70 bits per heavy atom. The first-order valence-corrected chi connectivity index (χ1v) is 8.62. The quantitative estimate of drug-likeness (QED) is 0.719. The fourth-order valence-corrected chi connectivity index (χ4v) is 2.66. The number of benzene rings is 2. The zero-order valence-electron chi connectivity index (χ0n) is 14.7. The van der Waals surface area contributed by atoms with Gasteiger partial charge in [-0.3, -0.25) is 4.79 Å². The molecule has 0 unspecified atom stereocenters. The third kappa shape index (κ3) is 3.82. The molecule has 4 rings (SSSR count). The third-order valence-electron chi connectivity index (χ3n) is 4.18. The van der Waals surface area contributed by atoms with Gasteiger partial charge in [-0.25, -0.2) is 0 Å². The first kappa shape index (κ1) is 16.8. The standard InChI is InChI=1S/C20H18N4O3/c1-2-13-3-6-15(7-4-13)21-18-9-10-19(24-23-18)22-20(25)14-5-8-16-17(11-14)27-12-26-16/h3-11H,2,12H2,1H3,(H,21,23)(H,22,24,25). The summed E-state index contributed by atoms with van der Waals surface area (Å²) in [6.07, 6.45) is 0.998. The molecule has 1 aromatic heterocycles. The maximum Gasteiger partial charge on any atom is 0.257 e. The largest absolute Gasteiger partial charge is 0.454 e. The Bertz CT molecular complexity index is 956. The minimum Gasteiger partial charge on any atom is -0.454 e. The van der Waals surface area contributed by atoms with E-state index in [4.69, 9.17) is 9.47 Å². The molecule has 7 nitrogen and oxygen atoms in total. The summed E-state index contributed by atoms with van der Waals surface area (Å²) in [5.74, 6) is 1.86. The van der Waals surface area contributed by atoms with Crippen molar-refractivity contribution >= 4 is 23.2 Å². The topological polar surface area (TPSA) is 85.4 Å². The van der Waals surface area contributed by atoms with Crippen LogP contribution in [-0.2, 0) is 6.42 Å². The first-order chi connectivity index (χ1) is 13.2. The fraction of sp³-hybridized carbons (Fsp3) is 0.150. The lowest BCUT2D eigenvalue weighted by atomic mass is 10.1. The number of rotatable bonds is 5. The lowest BCUT2D eigenvalue weighted by Gasteiger charge is -2.08. The van der Waals surface area contributed by atoms with Gasteiger partial charge < -0.3 is 20.1 Å². The number of carbonyl (C=O) groups is 1. The van der Waals surface area contributed by atoms with Crippen LogP contribution in [0.5, 0.6) is 11.5 Å². The average Bonchev–Trinajstić information content (AvgIpc) is 3.18. The minimum absolute atomic E-state index is 0.168. The number of ether oxygens (including phenoxy) is 2. The van der Waals surface area contributed by atoms with Crippen LogP contribution < -0.4 is 20.1 Å². The predicted octanol–water partition coefficient (Wildman–Crippen LogP) is 3.76. The molecule has 0 radical (unpaired) electrons. The van der Waals surface area contributed by atoms with Gasteiger partial charge in [-0.15, -0.1) is 10.2 Å². The SMILES string of the molecule is CCc1ccc(Nc2ccc(NC(=O)c3ccc4c(c3)OCO4)nn2)cc1. The normalized spacial score (nSPS) is 11.9. The summed E-state index contributed by atoms with van der Waals surface area (Å²) in [4.78, 5) is 12.4. The summed E-state index contributed by atoms with van der Waals surface area (Å²) in [5, 5.41) is 14.0.